The molecule has 2 aromatic rings. The first-order chi connectivity index (χ1) is 14.7. The first-order valence-electron chi connectivity index (χ1n) is 11.1. The number of nitrogens with one attached hydrogen (secondary N) is 1. The fraction of sp³-hybridized carbons (Fsp3) is 0.423. The van der Waals surface area contributed by atoms with Gasteiger partial charge in [0.25, 0.3) is 0 Å². The van der Waals surface area contributed by atoms with Gasteiger partial charge in [0.15, 0.2) is 0 Å². The highest BCUT2D eigenvalue weighted by molar-refractivity contribution is 5.96. The van der Waals surface area contributed by atoms with Crippen molar-refractivity contribution in [2.75, 3.05) is 32.1 Å². The molecular weight excluding hydrogens is 372 g/mol. The van der Waals surface area contributed by atoms with E-state index in [1.54, 1.807) is 7.11 Å². The summed E-state index contributed by atoms with van der Waals surface area (Å²) < 4.78 is 5.36. The van der Waals surface area contributed by atoms with Crippen LogP contribution in [0.2, 0.25) is 0 Å². The number of carbonyl (C=O) groups excluding carboxylic acids is 1. The maximum Gasteiger partial charge on any atom is 0.227 e. The minimum absolute atomic E-state index is 0.0888. The molecule has 0 bridgehead atoms. The third-order valence-corrected chi connectivity index (χ3v) is 6.42. The van der Waals surface area contributed by atoms with Crippen molar-refractivity contribution in [1.82, 2.24) is 4.90 Å². The van der Waals surface area contributed by atoms with Crippen LogP contribution in [-0.2, 0) is 4.79 Å². The van der Waals surface area contributed by atoms with Crippen LogP contribution in [0.15, 0.2) is 60.7 Å². The highest BCUT2D eigenvalue weighted by Gasteiger charge is 2.26. The van der Waals surface area contributed by atoms with E-state index in [0.717, 1.165) is 54.4 Å². The van der Waals surface area contributed by atoms with Gasteiger partial charge < -0.3 is 15.0 Å². The number of ether oxygens (including phenoxy) is 1. The standard InChI is InChI=1S/C26H32N2O2/c1-30-23-11-7-10-22(18-23)24-12-5-6-13-25(24)27-26(29)21-14-16-28(17-15-21)19-20-8-3-2-4-9-20/h2-3,5-7,10-13,18,20-21H,4,8-9,14-17,19H2,1H3,(H,27,29)/t20-/m1/s1. The minimum Gasteiger partial charge on any atom is -0.497 e. The summed E-state index contributed by atoms with van der Waals surface area (Å²) in [5, 5.41) is 3.21. The zero-order valence-electron chi connectivity index (χ0n) is 17.8. The van der Waals surface area contributed by atoms with Crippen molar-refractivity contribution >= 4 is 11.6 Å². The van der Waals surface area contributed by atoms with Crippen LogP contribution in [0.4, 0.5) is 5.69 Å². The van der Waals surface area contributed by atoms with Crippen LogP contribution in [-0.4, -0.2) is 37.6 Å². The molecule has 4 heteroatoms. The van der Waals surface area contributed by atoms with Gasteiger partial charge in [0.2, 0.25) is 5.91 Å². The number of hydrogen-bond donors (Lipinski definition) is 1. The molecule has 1 heterocycles. The molecular formula is C26H32N2O2. The highest BCUT2D eigenvalue weighted by atomic mass is 16.5. The number of para-hydroxylation sites is 1. The van der Waals surface area contributed by atoms with Gasteiger partial charge in [-0.05, 0) is 74.9 Å². The zero-order valence-corrected chi connectivity index (χ0v) is 17.8. The van der Waals surface area contributed by atoms with Gasteiger partial charge in [-0.3, -0.25) is 4.79 Å². The number of allylic oxidation sites excluding steroid dienone is 2. The van der Waals surface area contributed by atoms with Crippen molar-refractivity contribution in [3.63, 3.8) is 0 Å². The van der Waals surface area contributed by atoms with E-state index in [4.69, 9.17) is 4.74 Å². The molecule has 1 aliphatic carbocycles. The Morgan fingerprint density at radius 2 is 1.90 bits per heavy atom. The van der Waals surface area contributed by atoms with Crippen molar-refractivity contribution in [2.45, 2.75) is 32.1 Å². The van der Waals surface area contributed by atoms with Crippen molar-refractivity contribution in [3.8, 4) is 16.9 Å². The first kappa shape index (κ1) is 20.7. The molecule has 1 amide bonds. The molecule has 4 nitrogen and oxygen atoms in total. The number of benzene rings is 2. The van der Waals surface area contributed by atoms with Gasteiger partial charge in [-0.2, -0.15) is 0 Å². The van der Waals surface area contributed by atoms with Crippen LogP contribution in [0.1, 0.15) is 32.1 Å². The third-order valence-electron chi connectivity index (χ3n) is 6.42. The topological polar surface area (TPSA) is 41.6 Å². The summed E-state index contributed by atoms with van der Waals surface area (Å²) in [6.45, 7) is 3.23. The van der Waals surface area contributed by atoms with E-state index in [9.17, 15) is 4.79 Å². The Labute approximate surface area is 179 Å². The molecule has 0 radical (unpaired) electrons. The maximum atomic E-state index is 13.0. The van der Waals surface area contributed by atoms with Gasteiger partial charge in [0.1, 0.15) is 5.75 Å². The quantitative estimate of drug-likeness (QED) is 0.658. The van der Waals surface area contributed by atoms with Crippen LogP contribution < -0.4 is 10.1 Å². The van der Waals surface area contributed by atoms with Crippen LogP contribution >= 0.6 is 0 Å². The van der Waals surface area contributed by atoms with Crippen molar-refractivity contribution in [1.29, 1.82) is 0 Å². The Morgan fingerprint density at radius 3 is 2.67 bits per heavy atom. The normalized spacial score (nSPS) is 20.1. The summed E-state index contributed by atoms with van der Waals surface area (Å²) in [5.41, 5.74) is 2.93. The maximum absolute atomic E-state index is 13.0. The molecule has 30 heavy (non-hydrogen) atoms. The molecule has 0 saturated carbocycles. The Balaban J connectivity index is 1.36. The van der Waals surface area contributed by atoms with E-state index in [1.807, 2.05) is 48.5 Å². The van der Waals surface area contributed by atoms with Gasteiger partial charge in [-0.25, -0.2) is 0 Å². The van der Waals surface area contributed by atoms with Crippen molar-refractivity contribution < 1.29 is 9.53 Å². The predicted octanol–water partition coefficient (Wildman–Crippen LogP) is 5.37. The fourth-order valence-electron chi connectivity index (χ4n) is 4.63. The minimum atomic E-state index is 0.0888. The first-order valence-corrected chi connectivity index (χ1v) is 11.1. The molecule has 4 rings (SSSR count). The molecule has 0 aromatic heterocycles. The average molecular weight is 405 g/mol. The van der Waals surface area contributed by atoms with Crippen LogP contribution in [0, 0.1) is 11.8 Å². The van der Waals surface area contributed by atoms with E-state index < -0.39 is 0 Å². The van der Waals surface area contributed by atoms with Crippen LogP contribution in [0.25, 0.3) is 11.1 Å². The van der Waals surface area contributed by atoms with Gasteiger partial charge in [-0.15, -0.1) is 0 Å². The van der Waals surface area contributed by atoms with Gasteiger partial charge >= 0.3 is 0 Å². The van der Waals surface area contributed by atoms with E-state index in [0.29, 0.717) is 0 Å². The lowest BCUT2D eigenvalue weighted by Gasteiger charge is -2.34. The van der Waals surface area contributed by atoms with Crippen LogP contribution in [0.5, 0.6) is 5.75 Å². The molecule has 1 N–H and O–H groups in total. The molecule has 2 aromatic carbocycles. The smallest absolute Gasteiger partial charge is 0.227 e. The Kier molecular flexibility index (Phi) is 6.85. The zero-order chi connectivity index (χ0) is 20.8. The summed E-state index contributed by atoms with van der Waals surface area (Å²) in [6, 6.07) is 16.0. The second kappa shape index (κ2) is 9.94. The van der Waals surface area contributed by atoms with Gasteiger partial charge in [-0.1, -0.05) is 42.5 Å². The van der Waals surface area contributed by atoms with Crippen molar-refractivity contribution in [3.05, 3.63) is 60.7 Å². The number of nitrogens with zero attached hydrogens (tertiary/aromatic N) is 1. The molecule has 158 valence electrons. The number of amides is 1. The second-order valence-electron chi connectivity index (χ2n) is 8.49. The fourth-order valence-corrected chi connectivity index (χ4v) is 4.63. The number of rotatable bonds is 6. The molecule has 0 spiro atoms. The molecule has 1 atom stereocenters. The summed E-state index contributed by atoms with van der Waals surface area (Å²) in [4.78, 5) is 15.6. The van der Waals surface area contributed by atoms with Gasteiger partial charge in [0.05, 0.1) is 7.11 Å². The Morgan fingerprint density at radius 1 is 1.07 bits per heavy atom. The molecule has 1 aliphatic heterocycles. The predicted molar refractivity (Wildman–Crippen MR) is 123 cm³/mol. The second-order valence-corrected chi connectivity index (χ2v) is 8.49. The largest absolute Gasteiger partial charge is 0.497 e. The summed E-state index contributed by atoms with van der Waals surface area (Å²) in [6.07, 6.45) is 10.2. The number of likely N-dealkylation sites (tertiary alicyclic amines) is 1. The van der Waals surface area contributed by atoms with E-state index in [2.05, 4.69) is 22.4 Å². The van der Waals surface area contributed by atoms with Crippen molar-refractivity contribution in [2.24, 2.45) is 11.8 Å². The molecule has 2 aliphatic rings. The summed E-state index contributed by atoms with van der Waals surface area (Å²) in [7, 11) is 1.67. The lowest BCUT2D eigenvalue weighted by molar-refractivity contribution is -0.121. The SMILES string of the molecule is COc1cccc(-c2ccccc2NC(=O)C2CCN(C[C@@H]3CC=CCC3)CC2)c1. The Hall–Kier alpha value is -2.59. The van der Waals surface area contributed by atoms with Gasteiger partial charge in [0, 0.05) is 23.7 Å². The Bertz CT molecular complexity index is 884. The monoisotopic (exact) mass is 404 g/mol. The molecule has 1 saturated heterocycles. The van der Waals surface area contributed by atoms with E-state index in [1.165, 1.54) is 25.8 Å². The van der Waals surface area contributed by atoms with E-state index >= 15 is 0 Å². The molecule has 0 unspecified atom stereocenters. The lowest BCUT2D eigenvalue weighted by atomic mass is 9.91. The number of hydrogen-bond acceptors (Lipinski definition) is 3. The average Bonchev–Trinajstić information content (AvgIpc) is 2.80. The summed E-state index contributed by atoms with van der Waals surface area (Å²) in [5.74, 6) is 1.83. The number of methoxy groups -OCH3 is 1. The number of anilines is 1. The van der Waals surface area contributed by atoms with Crippen LogP contribution in [0.3, 0.4) is 0 Å². The highest BCUT2D eigenvalue weighted by Crippen LogP contribution is 2.31. The number of piperidine rings is 1. The third kappa shape index (κ3) is 5.11. The lowest BCUT2D eigenvalue weighted by Crippen LogP contribution is -2.40. The number of carbonyl (C=O) groups is 1. The molecule has 1 fully saturated rings. The van der Waals surface area contributed by atoms with E-state index in [-0.39, 0.29) is 11.8 Å². The summed E-state index contributed by atoms with van der Waals surface area (Å²) >= 11 is 0.